The van der Waals surface area contributed by atoms with Gasteiger partial charge >= 0.3 is 0 Å². The highest BCUT2D eigenvalue weighted by molar-refractivity contribution is 14.0. The molecule has 0 radical (unpaired) electrons. The molecule has 0 aliphatic carbocycles. The molecule has 154 valence electrons. The average molecular weight is 515 g/mol. The first-order chi connectivity index (χ1) is 12.9. The smallest absolute Gasteiger partial charge is 0.227 e. The summed E-state index contributed by atoms with van der Waals surface area (Å²) in [5, 5.41) is 11.4. The first kappa shape index (κ1) is 24.4. The summed E-state index contributed by atoms with van der Waals surface area (Å²) < 4.78 is 0. The third-order valence-electron chi connectivity index (χ3n) is 3.97. The quantitative estimate of drug-likeness (QED) is 0.283. The minimum atomic E-state index is -0.0737. The predicted octanol–water partition coefficient (Wildman–Crippen LogP) is 3.93. The Bertz CT molecular complexity index is 762. The van der Waals surface area contributed by atoms with Crippen LogP contribution in [0.5, 0.6) is 0 Å². The Morgan fingerprint density at radius 2 is 2.00 bits per heavy atom. The molecule has 0 aliphatic rings. The van der Waals surface area contributed by atoms with Crippen LogP contribution in [0.4, 0.5) is 5.82 Å². The lowest BCUT2D eigenvalue weighted by atomic mass is 9.92. The zero-order chi connectivity index (χ0) is 19.7. The molecule has 0 atom stereocenters. The average Bonchev–Trinajstić information content (AvgIpc) is 3.15. The number of aryl methyl sites for hydroxylation is 1. The number of halogens is 1. The summed E-state index contributed by atoms with van der Waals surface area (Å²) in [7, 11) is 0. The number of nitrogens with one attached hydrogen (secondary N) is 3. The largest absolute Gasteiger partial charge is 0.357 e. The maximum Gasteiger partial charge on any atom is 0.227 e. The fraction of sp³-hybridized carbons (Fsp3) is 0.450. The molecule has 2 aromatic rings. The van der Waals surface area contributed by atoms with Gasteiger partial charge in [0.25, 0.3) is 0 Å². The van der Waals surface area contributed by atoms with Crippen LogP contribution < -0.4 is 16.0 Å². The van der Waals surface area contributed by atoms with Crippen LogP contribution in [0.3, 0.4) is 0 Å². The monoisotopic (exact) mass is 515 g/mol. The van der Waals surface area contributed by atoms with Gasteiger partial charge in [-0.3, -0.25) is 9.79 Å². The number of pyridine rings is 1. The van der Waals surface area contributed by atoms with Crippen molar-refractivity contribution in [2.24, 2.45) is 4.99 Å². The number of thiophene rings is 1. The molecule has 0 unspecified atom stereocenters. The molecule has 8 heteroatoms. The molecule has 0 saturated carbocycles. The highest BCUT2D eigenvalue weighted by Gasteiger charge is 2.21. The molecule has 2 aromatic heterocycles. The second kappa shape index (κ2) is 12.0. The second-order valence-electron chi connectivity index (χ2n) is 6.95. The highest BCUT2D eigenvalue weighted by Crippen LogP contribution is 2.27. The van der Waals surface area contributed by atoms with Crippen LogP contribution in [0.25, 0.3) is 0 Å². The van der Waals surface area contributed by atoms with E-state index >= 15 is 0 Å². The number of amides is 1. The van der Waals surface area contributed by atoms with Crippen molar-refractivity contribution in [3.8, 4) is 0 Å². The van der Waals surface area contributed by atoms with Gasteiger partial charge in [0, 0.05) is 35.5 Å². The number of nitrogens with zero attached hydrogens (tertiary/aromatic N) is 2. The number of hydrogen-bond donors (Lipinski definition) is 3. The Labute approximate surface area is 188 Å². The Balaban J connectivity index is 0.00000392. The lowest BCUT2D eigenvalue weighted by Crippen LogP contribution is -2.39. The van der Waals surface area contributed by atoms with Gasteiger partial charge in [0.1, 0.15) is 5.82 Å². The van der Waals surface area contributed by atoms with Crippen molar-refractivity contribution < 1.29 is 4.79 Å². The van der Waals surface area contributed by atoms with Gasteiger partial charge in [0.05, 0.1) is 6.54 Å². The van der Waals surface area contributed by atoms with E-state index in [9.17, 15) is 4.79 Å². The van der Waals surface area contributed by atoms with Crippen molar-refractivity contribution in [1.82, 2.24) is 15.6 Å². The van der Waals surface area contributed by atoms with Gasteiger partial charge in [-0.25, -0.2) is 4.98 Å². The molecule has 0 saturated heterocycles. The number of aliphatic imine (C=N–C) groups is 1. The number of aromatic nitrogens is 1. The van der Waals surface area contributed by atoms with Crippen LogP contribution in [0.1, 0.15) is 37.8 Å². The molecule has 2 rings (SSSR count). The first-order valence-electron chi connectivity index (χ1n) is 9.20. The van der Waals surface area contributed by atoms with Crippen LogP contribution in [-0.2, 0) is 10.2 Å². The van der Waals surface area contributed by atoms with Gasteiger partial charge in [-0.15, -0.1) is 35.3 Å². The standard InChI is InChI=1S/C20H29N5OS.HI/c1-5-21-19(23-14-20(3,4)16-9-7-13-27-16)22-12-11-18(26)25-17-10-6-8-15(2)24-17;/h6-10,13H,5,11-12,14H2,1-4H3,(H2,21,22,23)(H,24,25,26);1H. The summed E-state index contributed by atoms with van der Waals surface area (Å²) in [5.41, 5.74) is 0.853. The van der Waals surface area contributed by atoms with E-state index in [-0.39, 0.29) is 35.3 Å². The van der Waals surface area contributed by atoms with Gasteiger partial charge in [0.2, 0.25) is 5.91 Å². The fourth-order valence-corrected chi connectivity index (χ4v) is 3.32. The van der Waals surface area contributed by atoms with Gasteiger partial charge in [-0.05, 0) is 37.4 Å². The van der Waals surface area contributed by atoms with Crippen LogP contribution in [0.2, 0.25) is 0 Å². The molecule has 0 aromatic carbocycles. The molecular formula is C20H30IN5OS. The van der Waals surface area contributed by atoms with E-state index in [4.69, 9.17) is 4.99 Å². The summed E-state index contributed by atoms with van der Waals surface area (Å²) in [6.07, 6.45) is 0.342. The van der Waals surface area contributed by atoms with E-state index in [1.807, 2.05) is 26.0 Å². The maximum atomic E-state index is 12.1. The minimum Gasteiger partial charge on any atom is -0.357 e. The second-order valence-corrected chi connectivity index (χ2v) is 7.89. The molecule has 2 heterocycles. The Hall–Kier alpha value is -1.68. The molecule has 3 N–H and O–H groups in total. The van der Waals surface area contributed by atoms with Crippen molar-refractivity contribution in [3.63, 3.8) is 0 Å². The first-order valence-corrected chi connectivity index (χ1v) is 10.1. The van der Waals surface area contributed by atoms with Gasteiger partial charge in [0.15, 0.2) is 5.96 Å². The number of anilines is 1. The number of carbonyl (C=O) groups is 1. The maximum absolute atomic E-state index is 12.1. The zero-order valence-corrected chi connectivity index (χ0v) is 20.1. The van der Waals surface area contributed by atoms with E-state index in [2.05, 4.69) is 52.3 Å². The molecule has 1 amide bonds. The van der Waals surface area contributed by atoms with Gasteiger partial charge in [-0.1, -0.05) is 26.0 Å². The van der Waals surface area contributed by atoms with Gasteiger partial charge < -0.3 is 16.0 Å². The van der Waals surface area contributed by atoms with Crippen molar-refractivity contribution >= 4 is 53.0 Å². The fourth-order valence-electron chi connectivity index (χ4n) is 2.47. The van der Waals surface area contributed by atoms with E-state index in [0.717, 1.165) is 18.2 Å². The Kier molecular flexibility index (Phi) is 10.4. The Morgan fingerprint density at radius 3 is 2.64 bits per heavy atom. The van der Waals surface area contributed by atoms with Crippen molar-refractivity contribution in [1.29, 1.82) is 0 Å². The summed E-state index contributed by atoms with van der Waals surface area (Å²) >= 11 is 1.75. The molecule has 28 heavy (non-hydrogen) atoms. The topological polar surface area (TPSA) is 78.4 Å². The van der Waals surface area contributed by atoms with E-state index < -0.39 is 0 Å². The molecule has 6 nitrogen and oxygen atoms in total. The lowest BCUT2D eigenvalue weighted by molar-refractivity contribution is -0.116. The van der Waals surface area contributed by atoms with Crippen molar-refractivity contribution in [3.05, 3.63) is 46.3 Å². The summed E-state index contributed by atoms with van der Waals surface area (Å²) in [4.78, 5) is 22.4. The van der Waals surface area contributed by atoms with E-state index in [1.165, 1.54) is 4.88 Å². The number of rotatable bonds is 8. The van der Waals surface area contributed by atoms with Crippen molar-refractivity contribution in [2.45, 2.75) is 39.5 Å². The van der Waals surface area contributed by atoms with Crippen LogP contribution in [0, 0.1) is 6.92 Å². The SMILES string of the molecule is CCNC(=NCC(C)(C)c1cccs1)NCCC(=O)Nc1cccc(C)n1.I. The molecule has 0 bridgehead atoms. The van der Waals surface area contributed by atoms with Crippen LogP contribution in [0.15, 0.2) is 40.7 Å². The van der Waals surface area contributed by atoms with E-state index in [1.54, 1.807) is 17.4 Å². The van der Waals surface area contributed by atoms with Crippen LogP contribution >= 0.6 is 35.3 Å². The Morgan fingerprint density at radius 1 is 1.21 bits per heavy atom. The number of hydrogen-bond acceptors (Lipinski definition) is 4. The molecular weight excluding hydrogens is 485 g/mol. The normalized spacial score (nSPS) is 11.5. The van der Waals surface area contributed by atoms with Crippen molar-refractivity contribution in [2.75, 3.05) is 25.0 Å². The summed E-state index contributed by atoms with van der Waals surface area (Å²) in [6.45, 7) is 10.2. The van der Waals surface area contributed by atoms with Gasteiger partial charge in [-0.2, -0.15) is 0 Å². The molecule has 0 aliphatic heterocycles. The zero-order valence-electron chi connectivity index (χ0n) is 16.9. The summed E-state index contributed by atoms with van der Waals surface area (Å²) in [5.74, 6) is 1.23. The van der Waals surface area contributed by atoms with Crippen LogP contribution in [-0.4, -0.2) is 36.5 Å². The molecule has 0 fully saturated rings. The van der Waals surface area contributed by atoms with E-state index in [0.29, 0.717) is 25.3 Å². The highest BCUT2D eigenvalue weighted by atomic mass is 127. The number of guanidine groups is 1. The minimum absolute atomic E-state index is 0. The third-order valence-corrected chi connectivity index (χ3v) is 5.20. The summed E-state index contributed by atoms with van der Waals surface area (Å²) in [6, 6.07) is 9.77. The molecule has 0 spiro atoms. The third kappa shape index (κ3) is 8.14. The predicted molar refractivity (Wildman–Crippen MR) is 129 cm³/mol. The lowest BCUT2D eigenvalue weighted by Gasteiger charge is -2.21. The number of carbonyl (C=O) groups excluding carboxylic acids is 1.